The molecule has 2 aromatic carbocycles. The van der Waals surface area contributed by atoms with Gasteiger partial charge in [0.2, 0.25) is 0 Å². The molecule has 0 heteroatoms. The highest BCUT2D eigenvalue weighted by atomic mass is 14.7. The summed E-state index contributed by atoms with van der Waals surface area (Å²) in [4.78, 5) is 0. The van der Waals surface area contributed by atoms with Crippen LogP contribution < -0.4 is 0 Å². The van der Waals surface area contributed by atoms with Crippen LogP contribution in [0.2, 0.25) is 0 Å². The first-order chi connectivity index (χ1) is 21.4. The summed E-state index contributed by atoms with van der Waals surface area (Å²) >= 11 is 0. The highest BCUT2D eigenvalue weighted by Gasteiger charge is 2.71. The first kappa shape index (κ1) is 33.0. The predicted octanol–water partition coefficient (Wildman–Crippen LogP) is 12.9. The van der Waals surface area contributed by atoms with Gasteiger partial charge in [0.15, 0.2) is 0 Å². The maximum atomic E-state index is 2.66. The molecule has 0 aromatic heterocycles. The van der Waals surface area contributed by atoms with Gasteiger partial charge in [0.1, 0.15) is 0 Å². The molecule has 46 heavy (non-hydrogen) atoms. The molecule has 0 heterocycles. The van der Waals surface area contributed by atoms with E-state index in [0.29, 0.717) is 43.3 Å². The van der Waals surface area contributed by atoms with E-state index in [2.05, 4.69) is 119 Å². The highest BCUT2D eigenvalue weighted by molar-refractivity contribution is 5.45. The summed E-state index contributed by atoms with van der Waals surface area (Å²) in [6.45, 7) is 30.6. The molecule has 4 fully saturated rings. The first-order valence-electron chi connectivity index (χ1n) is 19.6. The van der Waals surface area contributed by atoms with Crippen molar-refractivity contribution in [1.82, 2.24) is 0 Å². The van der Waals surface area contributed by atoms with Crippen molar-refractivity contribution in [3.63, 3.8) is 0 Å². The van der Waals surface area contributed by atoms with Crippen LogP contribution in [0.1, 0.15) is 167 Å². The second-order valence-electron chi connectivity index (χ2n) is 20.0. The molecule has 0 nitrogen and oxygen atoms in total. The fraction of sp³-hybridized carbons (Fsp3) is 0.739. The Balaban J connectivity index is 0.000000147. The minimum absolute atomic E-state index is 0.354. The fourth-order valence-corrected chi connectivity index (χ4v) is 14.6. The molecule has 0 radical (unpaired) electrons. The molecule has 0 amide bonds. The molecule has 0 spiro atoms. The Bertz CT molecular complexity index is 1430. The van der Waals surface area contributed by atoms with E-state index < -0.39 is 0 Å². The van der Waals surface area contributed by atoms with Crippen molar-refractivity contribution < 1.29 is 0 Å². The monoisotopic (exact) mass is 621 g/mol. The van der Waals surface area contributed by atoms with E-state index in [1.165, 1.54) is 88.2 Å². The minimum atomic E-state index is 0.354. The highest BCUT2D eigenvalue weighted by Crippen LogP contribution is 2.77. The quantitative estimate of drug-likeness (QED) is 0.275. The average molecular weight is 621 g/mol. The van der Waals surface area contributed by atoms with Crippen LogP contribution in [-0.2, 0) is 23.7 Å². The molecule has 0 N–H and O–H groups in total. The number of aryl methyl sites for hydroxylation is 4. The Kier molecular flexibility index (Phi) is 7.17. The number of hydrogen-bond acceptors (Lipinski definition) is 0. The maximum Gasteiger partial charge on any atom is -0.00131 e. The molecule has 0 saturated heterocycles. The lowest BCUT2D eigenvalue weighted by Crippen LogP contribution is -2.62. The molecule has 252 valence electrons. The van der Waals surface area contributed by atoms with Gasteiger partial charge in [-0.25, -0.2) is 0 Å². The van der Waals surface area contributed by atoms with Gasteiger partial charge in [-0.05, 0) is 168 Å². The van der Waals surface area contributed by atoms with E-state index >= 15 is 0 Å². The number of benzene rings is 2. The topological polar surface area (TPSA) is 0 Å². The largest absolute Gasteiger partial charge is 0.0620 e. The van der Waals surface area contributed by atoms with Crippen LogP contribution in [-0.4, -0.2) is 0 Å². The van der Waals surface area contributed by atoms with Crippen molar-refractivity contribution in [3.8, 4) is 0 Å². The summed E-state index contributed by atoms with van der Waals surface area (Å²) in [6.07, 6.45) is 16.6. The van der Waals surface area contributed by atoms with E-state index in [0.717, 1.165) is 11.8 Å². The molecule has 6 aliphatic rings. The van der Waals surface area contributed by atoms with Crippen LogP contribution in [0.3, 0.4) is 0 Å². The zero-order valence-corrected chi connectivity index (χ0v) is 32.1. The normalized spacial score (nSPS) is 48.5. The molecule has 0 aliphatic heterocycles. The van der Waals surface area contributed by atoms with Crippen molar-refractivity contribution in [2.45, 2.75) is 171 Å². The molecule has 6 aliphatic carbocycles. The Morgan fingerprint density at radius 1 is 0.457 bits per heavy atom. The standard InChI is InChI=1S/2C23H34/c2*1-16-7-8-19-18(15-16)10-12-23(6)21(19,4)14-13-20(3)17(2)9-11-22(20,23)5/h2*7-8,15,17H,9-14H2,1-6H3/t2*17-,20+,21-,22-,23+/m00/s1. The van der Waals surface area contributed by atoms with Crippen LogP contribution in [0.5, 0.6) is 0 Å². The van der Waals surface area contributed by atoms with E-state index in [4.69, 9.17) is 0 Å². The van der Waals surface area contributed by atoms with Gasteiger partial charge in [0.05, 0.1) is 0 Å². The lowest BCUT2D eigenvalue weighted by atomic mass is 9.36. The maximum absolute atomic E-state index is 2.66. The van der Waals surface area contributed by atoms with Crippen molar-refractivity contribution >= 4 is 0 Å². The molecule has 10 atom stereocenters. The Morgan fingerprint density at radius 3 is 1.20 bits per heavy atom. The summed E-state index contributed by atoms with van der Waals surface area (Å²) in [5.41, 5.74) is 13.1. The molecule has 8 rings (SSSR count). The third-order valence-corrected chi connectivity index (χ3v) is 19.5. The van der Waals surface area contributed by atoms with Gasteiger partial charge in [-0.3, -0.25) is 0 Å². The van der Waals surface area contributed by atoms with Crippen molar-refractivity contribution in [1.29, 1.82) is 0 Å². The molecule has 4 saturated carbocycles. The zero-order valence-electron chi connectivity index (χ0n) is 32.1. The third kappa shape index (κ3) is 3.70. The van der Waals surface area contributed by atoms with Crippen molar-refractivity contribution in [2.75, 3.05) is 0 Å². The summed E-state index contributed by atoms with van der Waals surface area (Å²) in [6, 6.07) is 14.6. The lowest BCUT2D eigenvalue weighted by molar-refractivity contribution is -0.148. The molecule has 0 unspecified atom stereocenters. The van der Waals surface area contributed by atoms with Crippen LogP contribution in [0.25, 0.3) is 0 Å². The lowest BCUT2D eigenvalue weighted by Gasteiger charge is -2.68. The van der Waals surface area contributed by atoms with Gasteiger partial charge in [-0.15, -0.1) is 0 Å². The third-order valence-electron chi connectivity index (χ3n) is 19.5. The van der Waals surface area contributed by atoms with E-state index in [-0.39, 0.29) is 0 Å². The van der Waals surface area contributed by atoms with Crippen LogP contribution in [0.4, 0.5) is 0 Å². The SMILES string of the molecule is Cc1ccc2c(c1)CC[C@@]1(C)[C@@]3(C)CC[C@H](C)[C@@]3(C)CC[C@@]21C.Cc1ccc2c(c1)CC[C@@]1(C)[C@@]3(C)CC[C@H](C)[C@@]3(C)CC[C@@]21C. The number of fused-ring (bicyclic) bond motifs is 10. The van der Waals surface area contributed by atoms with Gasteiger partial charge in [-0.1, -0.05) is 117 Å². The summed E-state index contributed by atoms with van der Waals surface area (Å²) in [7, 11) is 0. The van der Waals surface area contributed by atoms with Gasteiger partial charge >= 0.3 is 0 Å². The second kappa shape index (κ2) is 10.0. The fourth-order valence-electron chi connectivity index (χ4n) is 14.6. The van der Waals surface area contributed by atoms with Gasteiger partial charge in [0.25, 0.3) is 0 Å². The van der Waals surface area contributed by atoms with Crippen LogP contribution >= 0.6 is 0 Å². The van der Waals surface area contributed by atoms with Crippen molar-refractivity contribution in [2.24, 2.45) is 44.3 Å². The predicted molar refractivity (Wildman–Crippen MR) is 198 cm³/mol. The summed E-state index contributed by atoms with van der Waals surface area (Å²) < 4.78 is 0. The van der Waals surface area contributed by atoms with Crippen LogP contribution in [0, 0.1) is 58.2 Å². The van der Waals surface area contributed by atoms with Crippen LogP contribution in [0.15, 0.2) is 36.4 Å². The smallest absolute Gasteiger partial charge is 0.00131 e. The van der Waals surface area contributed by atoms with E-state index in [1.54, 1.807) is 22.3 Å². The number of hydrogen-bond donors (Lipinski definition) is 0. The molecular formula is C46H68. The Labute approximate surface area is 284 Å². The molecule has 0 bridgehead atoms. The average Bonchev–Trinajstić information content (AvgIpc) is 3.41. The Morgan fingerprint density at radius 2 is 0.826 bits per heavy atom. The first-order valence-corrected chi connectivity index (χ1v) is 19.6. The van der Waals surface area contributed by atoms with E-state index in [1.807, 2.05) is 0 Å². The summed E-state index contributed by atoms with van der Waals surface area (Å²) in [5.74, 6) is 1.77. The minimum Gasteiger partial charge on any atom is -0.0620 e. The van der Waals surface area contributed by atoms with Gasteiger partial charge in [0, 0.05) is 0 Å². The zero-order chi connectivity index (χ0) is 33.3. The van der Waals surface area contributed by atoms with E-state index in [9.17, 15) is 0 Å². The van der Waals surface area contributed by atoms with Gasteiger partial charge in [-0.2, -0.15) is 0 Å². The van der Waals surface area contributed by atoms with Gasteiger partial charge < -0.3 is 0 Å². The molecule has 2 aromatic rings. The second-order valence-corrected chi connectivity index (χ2v) is 20.0. The number of rotatable bonds is 0. The summed E-state index contributed by atoms with van der Waals surface area (Å²) in [5, 5.41) is 0. The Hall–Kier alpha value is -1.56. The van der Waals surface area contributed by atoms with Crippen molar-refractivity contribution in [3.05, 3.63) is 69.8 Å². The molecular weight excluding hydrogens is 553 g/mol.